The van der Waals surface area contributed by atoms with Crippen molar-refractivity contribution in [3.8, 4) is 0 Å². The van der Waals surface area contributed by atoms with E-state index in [1.54, 1.807) is 0 Å². The van der Waals surface area contributed by atoms with Gasteiger partial charge < -0.3 is 49.3 Å². The maximum Gasteiger partial charge on any atom is 0.280 e. The van der Waals surface area contributed by atoms with Gasteiger partial charge >= 0.3 is 0 Å². The standard InChI is InChI=1S/C10H16N5O13P3S/c11-10-13-7-4(8(18)14-10)12-2-15(7)9-6(17)5(16)3(26-9)1-25-31(24,32)28-30(22,23)27-29(19,20)21/h2-3,5-6,9,16-17H,1H2,(H,22,23)(H,24,32)(H2,19,20,21)(H3,11,13,14,18)/p-4. The zero-order valence-corrected chi connectivity index (χ0v) is 18.6. The van der Waals surface area contributed by atoms with Gasteiger partial charge in [-0.1, -0.05) is 11.8 Å². The monoisotopic (exact) mass is 535 g/mol. The lowest BCUT2D eigenvalue weighted by molar-refractivity contribution is -0.339. The Morgan fingerprint density at radius 3 is 2.53 bits per heavy atom. The molecule has 0 bridgehead atoms. The highest BCUT2D eigenvalue weighted by Crippen LogP contribution is 2.60. The van der Waals surface area contributed by atoms with E-state index in [9.17, 15) is 43.7 Å². The number of aliphatic hydroxyl groups is 2. The molecule has 0 aromatic carbocycles. The molecule has 0 radical (unpaired) electrons. The number of imidazole rings is 1. The number of ether oxygens (including phenoxy) is 1. The predicted octanol–water partition coefficient (Wildman–Crippen LogP) is -4.75. The second kappa shape index (κ2) is 8.90. The Labute approximate surface area is 181 Å². The molecule has 32 heavy (non-hydrogen) atoms. The second-order valence-corrected chi connectivity index (χ2v) is 11.7. The van der Waals surface area contributed by atoms with Gasteiger partial charge in [0.15, 0.2) is 17.4 Å². The molecule has 3 heterocycles. The van der Waals surface area contributed by atoms with E-state index in [4.69, 9.17) is 10.5 Å². The number of phosphoric acid groups is 2. The van der Waals surface area contributed by atoms with Crippen LogP contribution in [0, 0.1) is 0 Å². The summed E-state index contributed by atoms with van der Waals surface area (Å²) in [6.45, 7) is -5.94. The molecule has 2 aromatic heterocycles. The summed E-state index contributed by atoms with van der Waals surface area (Å²) < 4.78 is 39.6. The van der Waals surface area contributed by atoms with Crippen molar-refractivity contribution < 1.29 is 56.8 Å². The van der Waals surface area contributed by atoms with E-state index in [1.807, 2.05) is 0 Å². The van der Waals surface area contributed by atoms with Crippen molar-refractivity contribution in [2.75, 3.05) is 12.3 Å². The number of rotatable bonds is 8. The maximum absolute atomic E-state index is 12.0. The van der Waals surface area contributed by atoms with Crippen LogP contribution in [0.3, 0.4) is 0 Å². The average molecular weight is 535 g/mol. The van der Waals surface area contributed by atoms with Crippen LogP contribution in [0.4, 0.5) is 5.95 Å². The molecule has 180 valence electrons. The number of nitrogens with one attached hydrogen (secondary N) is 1. The molecule has 1 fully saturated rings. The van der Waals surface area contributed by atoms with E-state index in [0.717, 1.165) is 10.9 Å². The molecule has 0 spiro atoms. The summed E-state index contributed by atoms with van der Waals surface area (Å²) in [6, 6.07) is 0. The minimum atomic E-state index is -6.06. The molecule has 18 nitrogen and oxygen atoms in total. The fourth-order valence-electron chi connectivity index (χ4n) is 2.67. The number of aromatic amines is 1. The van der Waals surface area contributed by atoms with Gasteiger partial charge in [0.05, 0.1) is 20.8 Å². The third-order valence-corrected chi connectivity index (χ3v) is 8.44. The lowest BCUT2D eigenvalue weighted by atomic mass is 10.1. The van der Waals surface area contributed by atoms with Crippen LogP contribution in [-0.2, 0) is 38.8 Å². The molecule has 0 aliphatic carbocycles. The molecule has 22 heteroatoms. The largest absolute Gasteiger partial charge is 0.790 e. The lowest BCUT2D eigenvalue weighted by Gasteiger charge is -2.39. The molecule has 6 unspecified atom stereocenters. The summed E-state index contributed by atoms with van der Waals surface area (Å²) in [5.74, 6) is -0.272. The number of aliphatic hydroxyl groups excluding tert-OH is 2. The van der Waals surface area contributed by atoms with E-state index in [2.05, 4.69) is 39.9 Å². The van der Waals surface area contributed by atoms with Gasteiger partial charge in [0, 0.05) is 0 Å². The van der Waals surface area contributed by atoms with E-state index in [0.29, 0.717) is 0 Å². The van der Waals surface area contributed by atoms with Gasteiger partial charge in [-0.05, 0) is 0 Å². The smallest absolute Gasteiger partial charge is 0.280 e. The molecule has 3 rings (SSSR count). The molecule has 2 aromatic rings. The van der Waals surface area contributed by atoms with Crippen LogP contribution in [0.15, 0.2) is 11.1 Å². The van der Waals surface area contributed by atoms with Gasteiger partial charge in [-0.2, -0.15) is 4.98 Å². The second-order valence-electron chi connectivity index (χ2n) is 6.12. The van der Waals surface area contributed by atoms with Crippen LogP contribution in [0.25, 0.3) is 11.2 Å². The molecular weight excluding hydrogens is 523 g/mol. The Bertz CT molecular complexity index is 1210. The molecule has 6 atom stereocenters. The number of anilines is 1. The Morgan fingerprint density at radius 1 is 1.25 bits per heavy atom. The summed E-state index contributed by atoms with van der Waals surface area (Å²) >= 11 is 4.27. The number of fused-ring (bicyclic) bond motifs is 1. The van der Waals surface area contributed by atoms with Gasteiger partial charge in [0.2, 0.25) is 5.95 Å². The zero-order chi connectivity index (χ0) is 24.1. The molecule has 1 aliphatic rings. The van der Waals surface area contributed by atoms with Crippen LogP contribution in [0.5, 0.6) is 0 Å². The quantitative estimate of drug-likeness (QED) is 0.231. The average Bonchev–Trinajstić information content (AvgIpc) is 3.12. The van der Waals surface area contributed by atoms with E-state index >= 15 is 0 Å². The van der Waals surface area contributed by atoms with Gasteiger partial charge in [-0.25, -0.2) is 4.98 Å². The number of aromatic nitrogens is 4. The van der Waals surface area contributed by atoms with Crippen molar-refractivity contribution in [2.24, 2.45) is 0 Å². The first-order valence-corrected chi connectivity index (χ1v) is 13.5. The predicted molar refractivity (Wildman–Crippen MR) is 96.1 cm³/mol. The third kappa shape index (κ3) is 5.85. The Hall–Kier alpha value is -1.14. The lowest BCUT2D eigenvalue weighted by Crippen LogP contribution is -2.34. The Kier molecular flexibility index (Phi) is 7.09. The van der Waals surface area contributed by atoms with Crippen LogP contribution in [0.1, 0.15) is 6.23 Å². The number of nitrogens with zero attached hydrogens (tertiary/aromatic N) is 3. The first-order chi connectivity index (χ1) is 14.6. The van der Waals surface area contributed by atoms with Crippen LogP contribution < -0.4 is 30.9 Å². The number of nitrogens with two attached hydrogens (primary N) is 1. The minimum absolute atomic E-state index is 0.106. The SMILES string of the molecule is Nc1nc2c(ncn2C2OC(COP([O-])(=S)OP(=O)([O-])OP(=O)([O-])[O-])C(O)C2O)c(=O)[nH]1. The van der Waals surface area contributed by atoms with E-state index in [-0.39, 0.29) is 17.1 Å². The summed E-state index contributed by atoms with van der Waals surface area (Å²) in [6.07, 6.45) is -5.21. The van der Waals surface area contributed by atoms with Crippen LogP contribution in [0.2, 0.25) is 0 Å². The summed E-state index contributed by atoms with van der Waals surface area (Å²) in [4.78, 5) is 65.7. The fourth-order valence-corrected chi connectivity index (χ4v) is 6.46. The van der Waals surface area contributed by atoms with Crippen molar-refractivity contribution in [3.05, 3.63) is 16.7 Å². The highest BCUT2D eigenvalue weighted by molar-refractivity contribution is 8.07. The number of H-pyrrole nitrogens is 1. The van der Waals surface area contributed by atoms with Crippen molar-refractivity contribution in [3.63, 3.8) is 0 Å². The third-order valence-electron chi connectivity index (χ3n) is 3.86. The summed E-state index contributed by atoms with van der Waals surface area (Å²) in [5.41, 5.74) is 4.52. The van der Waals surface area contributed by atoms with Gasteiger partial charge in [-0.3, -0.25) is 27.5 Å². The fraction of sp³-hybridized carbons (Fsp3) is 0.500. The van der Waals surface area contributed by atoms with Crippen molar-refractivity contribution in [1.29, 1.82) is 0 Å². The van der Waals surface area contributed by atoms with Crippen molar-refractivity contribution in [2.45, 2.75) is 24.5 Å². The van der Waals surface area contributed by atoms with Crippen LogP contribution in [-0.4, -0.2) is 54.7 Å². The van der Waals surface area contributed by atoms with Crippen molar-refractivity contribution in [1.82, 2.24) is 19.5 Å². The van der Waals surface area contributed by atoms with E-state index < -0.39 is 59.1 Å². The minimum Gasteiger partial charge on any atom is -0.790 e. The molecule has 1 saturated heterocycles. The Morgan fingerprint density at radius 2 is 1.91 bits per heavy atom. The normalized spacial score (nSPS) is 27.9. The highest BCUT2D eigenvalue weighted by atomic mass is 32.5. The van der Waals surface area contributed by atoms with Gasteiger partial charge in [0.1, 0.15) is 25.0 Å². The topological polar surface area (TPSA) is 293 Å². The first-order valence-electron chi connectivity index (χ1n) is 8.04. The molecular formula is C10H12N5O13P3S-4. The van der Waals surface area contributed by atoms with Crippen LogP contribution >= 0.6 is 22.4 Å². The molecule has 0 saturated carbocycles. The number of nitrogen functional groups attached to an aromatic ring is 1. The summed E-state index contributed by atoms with van der Waals surface area (Å²) in [7, 11) is -12.0. The molecule has 1 aliphatic heterocycles. The highest BCUT2D eigenvalue weighted by Gasteiger charge is 2.44. The number of hydrogen-bond acceptors (Lipinski definition) is 17. The number of hydrogen-bond donors (Lipinski definition) is 4. The van der Waals surface area contributed by atoms with Crippen molar-refractivity contribution >= 4 is 51.3 Å². The van der Waals surface area contributed by atoms with Gasteiger partial charge in [-0.15, -0.1) is 0 Å². The molecule has 5 N–H and O–H groups in total. The van der Waals surface area contributed by atoms with Gasteiger partial charge in [0.25, 0.3) is 13.4 Å². The van der Waals surface area contributed by atoms with E-state index in [1.165, 1.54) is 0 Å². The maximum atomic E-state index is 12.0. The molecule has 0 amide bonds. The first kappa shape index (κ1) is 25.5. The zero-order valence-electron chi connectivity index (χ0n) is 15.1. The summed E-state index contributed by atoms with van der Waals surface area (Å²) in [5, 5.41) is 20.4. The Balaban J connectivity index is 1.72.